The number of hydrogen-bond donors (Lipinski definition) is 0. The van der Waals surface area contributed by atoms with Crippen LogP contribution in [0.25, 0.3) is 0 Å². The molecular formula is C18H26N2O. The van der Waals surface area contributed by atoms with Gasteiger partial charge in [-0.05, 0) is 45.4 Å². The number of benzene rings is 1. The Hall–Kier alpha value is -1.61. The first-order chi connectivity index (χ1) is 10.2. The van der Waals surface area contributed by atoms with Crippen molar-refractivity contribution in [2.24, 2.45) is 0 Å². The third-order valence-electron chi connectivity index (χ3n) is 3.89. The first kappa shape index (κ1) is 15.8. The maximum absolute atomic E-state index is 12.5. The van der Waals surface area contributed by atoms with Crippen molar-refractivity contribution in [1.82, 2.24) is 9.80 Å². The molecule has 0 saturated carbocycles. The molecule has 2 rings (SSSR count). The minimum atomic E-state index is 0.168. The van der Waals surface area contributed by atoms with Gasteiger partial charge in [-0.3, -0.25) is 4.79 Å². The van der Waals surface area contributed by atoms with Gasteiger partial charge in [0.05, 0.1) is 0 Å². The summed E-state index contributed by atoms with van der Waals surface area (Å²) in [6.45, 7) is 9.16. The molecule has 1 saturated heterocycles. The second-order valence-corrected chi connectivity index (χ2v) is 5.92. The molecule has 1 aliphatic rings. The van der Waals surface area contributed by atoms with Crippen LogP contribution in [0.5, 0.6) is 0 Å². The van der Waals surface area contributed by atoms with Crippen molar-refractivity contribution in [3.8, 4) is 0 Å². The minimum Gasteiger partial charge on any atom is -0.337 e. The van der Waals surface area contributed by atoms with E-state index in [2.05, 4.69) is 24.8 Å². The fraction of sp³-hybridized carbons (Fsp3) is 0.500. The second-order valence-electron chi connectivity index (χ2n) is 5.92. The van der Waals surface area contributed by atoms with Gasteiger partial charge >= 0.3 is 0 Å². The van der Waals surface area contributed by atoms with Gasteiger partial charge in [-0.2, -0.15) is 0 Å². The average molecular weight is 286 g/mol. The summed E-state index contributed by atoms with van der Waals surface area (Å²) in [5, 5.41) is 0. The van der Waals surface area contributed by atoms with Gasteiger partial charge < -0.3 is 9.80 Å². The highest BCUT2D eigenvalue weighted by molar-refractivity contribution is 5.94. The van der Waals surface area contributed by atoms with Gasteiger partial charge in [0, 0.05) is 31.7 Å². The number of hydrogen-bond acceptors (Lipinski definition) is 2. The summed E-state index contributed by atoms with van der Waals surface area (Å²) in [5.41, 5.74) is 2.18. The topological polar surface area (TPSA) is 23.6 Å². The molecule has 3 nitrogen and oxygen atoms in total. The Balaban J connectivity index is 1.86. The monoisotopic (exact) mass is 286 g/mol. The summed E-state index contributed by atoms with van der Waals surface area (Å²) >= 11 is 0. The number of rotatable bonds is 4. The molecule has 0 N–H and O–H groups in total. The van der Waals surface area contributed by atoms with Crippen LogP contribution in [0.1, 0.15) is 37.0 Å². The zero-order valence-electron chi connectivity index (χ0n) is 13.2. The molecule has 3 heteroatoms. The molecule has 1 heterocycles. The van der Waals surface area contributed by atoms with Crippen molar-refractivity contribution >= 4 is 5.91 Å². The van der Waals surface area contributed by atoms with E-state index in [4.69, 9.17) is 0 Å². The van der Waals surface area contributed by atoms with Crippen molar-refractivity contribution in [2.75, 3.05) is 32.7 Å². The molecule has 1 aromatic rings. The van der Waals surface area contributed by atoms with Crippen molar-refractivity contribution in [1.29, 1.82) is 0 Å². The lowest BCUT2D eigenvalue weighted by atomic mass is 10.2. The number of carbonyl (C=O) groups excluding carboxylic acids is 1. The summed E-state index contributed by atoms with van der Waals surface area (Å²) < 4.78 is 0. The van der Waals surface area contributed by atoms with Crippen LogP contribution < -0.4 is 0 Å². The molecule has 0 radical (unpaired) electrons. The van der Waals surface area contributed by atoms with Crippen molar-refractivity contribution < 1.29 is 4.79 Å². The van der Waals surface area contributed by atoms with Gasteiger partial charge in [0.1, 0.15) is 0 Å². The van der Waals surface area contributed by atoms with Crippen molar-refractivity contribution in [3.63, 3.8) is 0 Å². The number of nitrogens with zero attached hydrogens (tertiary/aromatic N) is 2. The van der Waals surface area contributed by atoms with Crippen LogP contribution in [0.15, 0.2) is 42.0 Å². The van der Waals surface area contributed by atoms with Gasteiger partial charge in [-0.1, -0.05) is 29.8 Å². The largest absolute Gasteiger partial charge is 0.337 e. The maximum atomic E-state index is 12.5. The third-order valence-corrected chi connectivity index (χ3v) is 3.89. The van der Waals surface area contributed by atoms with Crippen LogP contribution in [-0.4, -0.2) is 48.4 Å². The molecule has 0 aliphatic carbocycles. The van der Waals surface area contributed by atoms with E-state index in [1.807, 2.05) is 35.2 Å². The smallest absolute Gasteiger partial charge is 0.253 e. The van der Waals surface area contributed by atoms with Gasteiger partial charge in [0.15, 0.2) is 0 Å². The molecule has 0 unspecified atom stereocenters. The van der Waals surface area contributed by atoms with E-state index in [1.165, 1.54) is 5.57 Å². The molecule has 1 amide bonds. The molecule has 0 atom stereocenters. The number of carbonyl (C=O) groups is 1. The van der Waals surface area contributed by atoms with Gasteiger partial charge in [0.25, 0.3) is 5.91 Å². The van der Waals surface area contributed by atoms with E-state index in [0.29, 0.717) is 0 Å². The lowest BCUT2D eigenvalue weighted by molar-refractivity contribution is 0.0761. The molecule has 21 heavy (non-hydrogen) atoms. The average Bonchev–Trinajstić information content (AvgIpc) is 2.73. The van der Waals surface area contributed by atoms with Crippen molar-refractivity contribution in [2.45, 2.75) is 26.7 Å². The van der Waals surface area contributed by atoms with Gasteiger partial charge in [-0.25, -0.2) is 0 Å². The molecule has 0 spiro atoms. The summed E-state index contributed by atoms with van der Waals surface area (Å²) in [6.07, 6.45) is 4.46. The molecule has 1 fully saturated rings. The van der Waals surface area contributed by atoms with Crippen LogP contribution in [0.4, 0.5) is 0 Å². The Morgan fingerprint density at radius 2 is 1.86 bits per heavy atom. The lowest BCUT2D eigenvalue weighted by Crippen LogP contribution is -2.35. The highest BCUT2D eigenvalue weighted by Crippen LogP contribution is 2.09. The minimum absolute atomic E-state index is 0.168. The van der Waals surface area contributed by atoms with Crippen LogP contribution >= 0.6 is 0 Å². The molecular weight excluding hydrogens is 260 g/mol. The molecule has 114 valence electrons. The predicted molar refractivity (Wildman–Crippen MR) is 87.5 cm³/mol. The Morgan fingerprint density at radius 3 is 2.57 bits per heavy atom. The van der Waals surface area contributed by atoms with E-state index in [1.54, 1.807) is 0 Å². The lowest BCUT2D eigenvalue weighted by Gasteiger charge is -2.21. The number of allylic oxidation sites excluding steroid dienone is 1. The quantitative estimate of drug-likeness (QED) is 0.794. The molecule has 1 aromatic carbocycles. The van der Waals surface area contributed by atoms with E-state index in [9.17, 15) is 4.79 Å². The van der Waals surface area contributed by atoms with Crippen LogP contribution in [-0.2, 0) is 0 Å². The summed E-state index contributed by atoms with van der Waals surface area (Å²) in [7, 11) is 0. The van der Waals surface area contributed by atoms with Crippen LogP contribution in [0.3, 0.4) is 0 Å². The zero-order valence-corrected chi connectivity index (χ0v) is 13.2. The van der Waals surface area contributed by atoms with Crippen LogP contribution in [0, 0.1) is 0 Å². The van der Waals surface area contributed by atoms with E-state index >= 15 is 0 Å². The summed E-state index contributed by atoms with van der Waals surface area (Å²) in [4.78, 5) is 16.9. The third kappa shape index (κ3) is 5.01. The SMILES string of the molecule is CC(C)=CCCN1CCCN(C(=O)c2ccccc2)CC1. The fourth-order valence-corrected chi connectivity index (χ4v) is 2.70. The van der Waals surface area contributed by atoms with Gasteiger partial charge in [0.2, 0.25) is 0 Å². The molecule has 0 bridgehead atoms. The normalized spacial score (nSPS) is 16.4. The highest BCUT2D eigenvalue weighted by Gasteiger charge is 2.19. The van der Waals surface area contributed by atoms with Crippen molar-refractivity contribution in [3.05, 3.63) is 47.5 Å². The van der Waals surface area contributed by atoms with Gasteiger partial charge in [-0.15, -0.1) is 0 Å². The summed E-state index contributed by atoms with van der Waals surface area (Å²) in [6, 6.07) is 9.61. The standard InChI is InChI=1S/C18H26N2O/c1-16(2)8-6-11-19-12-7-13-20(15-14-19)18(21)17-9-4-3-5-10-17/h3-5,8-10H,6-7,11-15H2,1-2H3. The predicted octanol–water partition coefficient (Wildman–Crippen LogP) is 3.19. The molecule has 1 aliphatic heterocycles. The van der Waals surface area contributed by atoms with E-state index < -0.39 is 0 Å². The highest BCUT2D eigenvalue weighted by atomic mass is 16.2. The summed E-state index contributed by atoms with van der Waals surface area (Å²) in [5.74, 6) is 0.168. The maximum Gasteiger partial charge on any atom is 0.253 e. The second kappa shape index (κ2) is 7.99. The first-order valence-corrected chi connectivity index (χ1v) is 7.87. The Labute approximate surface area is 128 Å². The molecule has 0 aromatic heterocycles. The first-order valence-electron chi connectivity index (χ1n) is 7.87. The Morgan fingerprint density at radius 1 is 1.10 bits per heavy atom. The fourth-order valence-electron chi connectivity index (χ4n) is 2.70. The van der Waals surface area contributed by atoms with E-state index in [-0.39, 0.29) is 5.91 Å². The van der Waals surface area contributed by atoms with E-state index in [0.717, 1.165) is 51.1 Å². The zero-order chi connectivity index (χ0) is 15.1. The Kier molecular flexibility index (Phi) is 6.00. The van der Waals surface area contributed by atoms with Crippen LogP contribution in [0.2, 0.25) is 0 Å². The number of amides is 1. The Bertz CT molecular complexity index is 477.